The van der Waals surface area contributed by atoms with E-state index in [2.05, 4.69) is 21.1 Å². The average Bonchev–Trinajstić information content (AvgIpc) is 3.48. The molecule has 0 aromatic carbocycles. The molecule has 4 heterocycles. The molecule has 2 N–H and O–H groups in total. The fourth-order valence-corrected chi connectivity index (χ4v) is 6.41. The molecule has 2 atom stereocenters. The zero-order chi connectivity index (χ0) is 27.2. The fourth-order valence-electron chi connectivity index (χ4n) is 5.22. The predicted octanol–water partition coefficient (Wildman–Crippen LogP) is 4.13. The first-order chi connectivity index (χ1) is 18.0. The third-order valence-electron chi connectivity index (χ3n) is 7.06. The number of nitrogen functional groups attached to an aromatic ring is 1. The highest BCUT2D eigenvalue weighted by molar-refractivity contribution is 7.16. The standard InChI is InChI=1S/C26H32N8O3S/c1-15-14-33(24(35)36-25(2,3)4)11-12-34(15)23-29-10-8-17(30-23)21-31-22(37-32-21)26(5)9-6-7-18-19(26)16(13-27)20(28)38-18/h8,10,15H,6-7,9,11-12,14,28H2,1-5H3/t15-,26-/m0/s1. The number of piperazine rings is 1. The molecule has 0 bridgehead atoms. The van der Waals surface area contributed by atoms with Crippen molar-refractivity contribution >= 4 is 28.4 Å². The smallest absolute Gasteiger partial charge is 0.410 e. The van der Waals surface area contributed by atoms with Crippen molar-refractivity contribution in [1.29, 1.82) is 5.26 Å². The molecule has 0 unspecified atom stereocenters. The van der Waals surface area contributed by atoms with Gasteiger partial charge in [0.2, 0.25) is 17.7 Å². The first kappa shape index (κ1) is 25.9. The van der Waals surface area contributed by atoms with Gasteiger partial charge in [0, 0.05) is 42.3 Å². The Morgan fingerprint density at radius 1 is 1.34 bits per heavy atom. The van der Waals surface area contributed by atoms with Gasteiger partial charge in [-0.2, -0.15) is 10.2 Å². The quantitative estimate of drug-likeness (QED) is 0.518. The van der Waals surface area contributed by atoms with Gasteiger partial charge in [-0.1, -0.05) is 5.16 Å². The van der Waals surface area contributed by atoms with E-state index in [9.17, 15) is 10.1 Å². The molecule has 1 aliphatic heterocycles. The van der Waals surface area contributed by atoms with Gasteiger partial charge in [-0.3, -0.25) is 0 Å². The van der Waals surface area contributed by atoms with E-state index in [4.69, 9.17) is 25.0 Å². The summed E-state index contributed by atoms with van der Waals surface area (Å²) < 4.78 is 11.3. The Balaban J connectivity index is 1.37. The van der Waals surface area contributed by atoms with Crippen molar-refractivity contribution in [2.75, 3.05) is 30.3 Å². The molecule has 200 valence electrons. The third kappa shape index (κ3) is 4.67. The van der Waals surface area contributed by atoms with Crippen LogP contribution in [0.4, 0.5) is 15.7 Å². The van der Waals surface area contributed by atoms with Crippen LogP contribution in [-0.4, -0.2) is 62.4 Å². The molecule has 1 aliphatic carbocycles. The van der Waals surface area contributed by atoms with E-state index in [-0.39, 0.29) is 12.1 Å². The maximum Gasteiger partial charge on any atom is 0.410 e. The SMILES string of the molecule is C[C@H]1CN(C(=O)OC(C)(C)C)CCN1c1nccc(-c2noc([C@@]3(C)CCCc4sc(N)c(C#N)c43)n2)n1. The maximum atomic E-state index is 12.5. The number of carbonyl (C=O) groups excluding carboxylic acids is 1. The highest BCUT2D eigenvalue weighted by Gasteiger charge is 2.43. The van der Waals surface area contributed by atoms with Gasteiger partial charge in [0.1, 0.15) is 22.4 Å². The van der Waals surface area contributed by atoms with Crippen LogP contribution in [0.25, 0.3) is 11.5 Å². The first-order valence-electron chi connectivity index (χ1n) is 12.7. The van der Waals surface area contributed by atoms with E-state index in [1.54, 1.807) is 17.2 Å². The largest absolute Gasteiger partial charge is 0.444 e. The highest BCUT2D eigenvalue weighted by atomic mass is 32.1. The number of ether oxygens (including phenoxy) is 1. The molecular weight excluding hydrogens is 504 g/mol. The fraction of sp³-hybridized carbons (Fsp3) is 0.538. The summed E-state index contributed by atoms with van der Waals surface area (Å²) in [6.45, 7) is 11.2. The van der Waals surface area contributed by atoms with Crippen molar-refractivity contribution in [1.82, 2.24) is 25.0 Å². The minimum atomic E-state index is -0.597. The number of thiophene rings is 1. The van der Waals surface area contributed by atoms with Crippen molar-refractivity contribution in [3.8, 4) is 17.6 Å². The van der Waals surface area contributed by atoms with Gasteiger partial charge < -0.3 is 24.8 Å². The number of rotatable bonds is 3. The number of fused-ring (bicyclic) bond motifs is 1. The second-order valence-corrected chi connectivity index (χ2v) is 12.2. The highest BCUT2D eigenvalue weighted by Crippen LogP contribution is 2.48. The predicted molar refractivity (Wildman–Crippen MR) is 143 cm³/mol. The average molecular weight is 537 g/mol. The summed E-state index contributed by atoms with van der Waals surface area (Å²) in [5.74, 6) is 1.34. The number of nitrogens with zero attached hydrogens (tertiary/aromatic N) is 7. The summed E-state index contributed by atoms with van der Waals surface area (Å²) in [5, 5.41) is 14.5. The van der Waals surface area contributed by atoms with Crippen molar-refractivity contribution in [2.24, 2.45) is 0 Å². The summed E-state index contributed by atoms with van der Waals surface area (Å²) in [6.07, 6.45) is 3.97. The van der Waals surface area contributed by atoms with Crippen LogP contribution < -0.4 is 10.6 Å². The minimum absolute atomic E-state index is 0.0135. The Labute approximate surface area is 225 Å². The summed E-state index contributed by atoms with van der Waals surface area (Å²) in [7, 11) is 0. The number of nitrogens with two attached hydrogens (primary N) is 1. The number of hydrogen-bond acceptors (Lipinski definition) is 11. The van der Waals surface area contributed by atoms with Gasteiger partial charge in [0.05, 0.1) is 11.0 Å². The summed E-state index contributed by atoms with van der Waals surface area (Å²) in [6, 6.07) is 4.01. The van der Waals surface area contributed by atoms with Gasteiger partial charge in [0.25, 0.3) is 0 Å². The van der Waals surface area contributed by atoms with E-state index in [1.807, 2.05) is 34.6 Å². The van der Waals surface area contributed by atoms with Crippen LogP contribution >= 0.6 is 11.3 Å². The van der Waals surface area contributed by atoms with Crippen LogP contribution in [0.3, 0.4) is 0 Å². The summed E-state index contributed by atoms with van der Waals surface area (Å²) in [5.41, 5.74) is 6.97. The van der Waals surface area contributed by atoms with E-state index in [1.165, 1.54) is 11.3 Å². The lowest BCUT2D eigenvalue weighted by molar-refractivity contribution is 0.0218. The molecule has 12 heteroatoms. The zero-order valence-corrected chi connectivity index (χ0v) is 23.1. The van der Waals surface area contributed by atoms with Crippen molar-refractivity contribution in [3.05, 3.63) is 34.2 Å². The molecule has 1 saturated heterocycles. The first-order valence-corrected chi connectivity index (χ1v) is 13.6. The summed E-state index contributed by atoms with van der Waals surface area (Å²) in [4.78, 5) is 31.4. The van der Waals surface area contributed by atoms with Crippen molar-refractivity contribution in [2.45, 2.75) is 70.9 Å². The molecule has 3 aromatic rings. The van der Waals surface area contributed by atoms with Crippen molar-refractivity contribution in [3.63, 3.8) is 0 Å². The number of carbonyl (C=O) groups is 1. The van der Waals surface area contributed by atoms with Crippen molar-refractivity contribution < 1.29 is 14.1 Å². The van der Waals surface area contributed by atoms with Crippen LogP contribution in [-0.2, 0) is 16.6 Å². The minimum Gasteiger partial charge on any atom is -0.444 e. The van der Waals surface area contributed by atoms with Gasteiger partial charge in [-0.05, 0) is 59.9 Å². The zero-order valence-electron chi connectivity index (χ0n) is 22.3. The third-order valence-corrected chi connectivity index (χ3v) is 8.14. The molecular formula is C26H32N8O3S. The second-order valence-electron chi connectivity index (χ2n) is 11.1. The molecule has 3 aromatic heterocycles. The topological polar surface area (TPSA) is 147 Å². The number of amides is 1. The van der Waals surface area contributed by atoms with E-state index < -0.39 is 11.0 Å². The molecule has 2 aliphatic rings. The van der Waals surface area contributed by atoms with E-state index in [0.29, 0.717) is 53.6 Å². The molecule has 0 radical (unpaired) electrons. The normalized spacial score (nSPS) is 21.6. The van der Waals surface area contributed by atoms with Crippen LogP contribution in [0, 0.1) is 11.3 Å². The molecule has 5 rings (SSSR count). The number of aromatic nitrogens is 4. The monoisotopic (exact) mass is 536 g/mol. The lowest BCUT2D eigenvalue weighted by Gasteiger charge is -2.40. The second kappa shape index (κ2) is 9.54. The van der Waals surface area contributed by atoms with Crippen LogP contribution in [0.1, 0.15) is 69.4 Å². The molecule has 0 spiro atoms. The molecule has 38 heavy (non-hydrogen) atoms. The number of nitriles is 1. The lowest BCUT2D eigenvalue weighted by atomic mass is 9.72. The van der Waals surface area contributed by atoms with Crippen LogP contribution in [0.2, 0.25) is 0 Å². The lowest BCUT2D eigenvalue weighted by Crippen LogP contribution is -2.55. The van der Waals surface area contributed by atoms with Gasteiger partial charge in [-0.25, -0.2) is 14.8 Å². The van der Waals surface area contributed by atoms with Gasteiger partial charge >= 0.3 is 6.09 Å². The van der Waals surface area contributed by atoms with Crippen LogP contribution in [0.5, 0.6) is 0 Å². The number of aryl methyl sites for hydroxylation is 1. The molecule has 11 nitrogen and oxygen atoms in total. The van der Waals surface area contributed by atoms with Gasteiger partial charge in [-0.15, -0.1) is 11.3 Å². The Hall–Kier alpha value is -3.72. The maximum absolute atomic E-state index is 12.5. The molecule has 0 saturated carbocycles. The number of hydrogen-bond donors (Lipinski definition) is 1. The Morgan fingerprint density at radius 3 is 2.84 bits per heavy atom. The summed E-state index contributed by atoms with van der Waals surface area (Å²) >= 11 is 1.47. The van der Waals surface area contributed by atoms with Crippen LogP contribution in [0.15, 0.2) is 16.8 Å². The van der Waals surface area contributed by atoms with Gasteiger partial charge in [0.15, 0.2) is 0 Å². The Morgan fingerprint density at radius 2 is 2.13 bits per heavy atom. The molecule has 1 amide bonds. The number of anilines is 2. The molecule has 1 fully saturated rings. The Bertz CT molecular complexity index is 1400. The van der Waals surface area contributed by atoms with E-state index in [0.717, 1.165) is 29.7 Å². The Kier molecular flexibility index (Phi) is 6.51. The van der Waals surface area contributed by atoms with E-state index >= 15 is 0 Å².